The summed E-state index contributed by atoms with van der Waals surface area (Å²) in [5, 5.41) is 10.7. The molecule has 3 N–H and O–H groups in total. The third kappa shape index (κ3) is 5.16. The Balaban J connectivity index is 2.16. The van der Waals surface area contributed by atoms with Crippen LogP contribution in [0.1, 0.15) is 25.7 Å². The van der Waals surface area contributed by atoms with E-state index in [0.29, 0.717) is 25.0 Å². The summed E-state index contributed by atoms with van der Waals surface area (Å²) in [6.45, 7) is 1.38. The molecule has 2 atom stereocenters. The fourth-order valence-electron chi connectivity index (χ4n) is 2.31. The maximum Gasteiger partial charge on any atom is 0.246 e. The number of hydrogen-bond donors (Lipinski definition) is 2. The van der Waals surface area contributed by atoms with Crippen molar-refractivity contribution in [3.8, 4) is 6.07 Å². The Labute approximate surface area is 102 Å². The molecule has 0 heterocycles. The molecule has 1 amide bonds. The summed E-state index contributed by atoms with van der Waals surface area (Å²) in [4.78, 5) is 11.2. The van der Waals surface area contributed by atoms with Crippen molar-refractivity contribution in [1.82, 2.24) is 5.32 Å². The monoisotopic (exact) mass is 239 g/mol. The molecule has 0 bridgehead atoms. The Morgan fingerprint density at radius 2 is 2.12 bits per heavy atom. The number of nitrogens with zero attached hydrogens (tertiary/aromatic N) is 1. The Hall–Kier alpha value is -1.12. The lowest BCUT2D eigenvalue weighted by Crippen LogP contribution is -2.32. The first-order valence-corrected chi connectivity index (χ1v) is 6.19. The van der Waals surface area contributed by atoms with Gasteiger partial charge in [0.1, 0.15) is 13.2 Å². The Morgan fingerprint density at radius 1 is 1.41 bits per heavy atom. The quantitative estimate of drug-likeness (QED) is 0.657. The van der Waals surface area contributed by atoms with Crippen molar-refractivity contribution in [1.29, 1.82) is 5.26 Å². The van der Waals surface area contributed by atoms with E-state index < -0.39 is 0 Å². The van der Waals surface area contributed by atoms with Gasteiger partial charge in [-0.25, -0.2) is 0 Å². The van der Waals surface area contributed by atoms with Gasteiger partial charge in [0.2, 0.25) is 5.91 Å². The van der Waals surface area contributed by atoms with Crippen molar-refractivity contribution in [2.24, 2.45) is 17.6 Å². The lowest BCUT2D eigenvalue weighted by molar-refractivity contribution is -0.126. The number of ether oxygens (including phenoxy) is 1. The number of rotatable bonds is 6. The molecule has 0 saturated heterocycles. The van der Waals surface area contributed by atoms with E-state index in [4.69, 9.17) is 15.7 Å². The van der Waals surface area contributed by atoms with Crippen molar-refractivity contribution >= 4 is 5.91 Å². The van der Waals surface area contributed by atoms with Crippen molar-refractivity contribution in [2.75, 3.05) is 26.3 Å². The molecule has 0 aliphatic heterocycles. The molecule has 5 nitrogen and oxygen atoms in total. The summed E-state index contributed by atoms with van der Waals surface area (Å²) < 4.78 is 5.39. The average molecular weight is 239 g/mol. The van der Waals surface area contributed by atoms with Crippen LogP contribution in [0, 0.1) is 23.2 Å². The van der Waals surface area contributed by atoms with Gasteiger partial charge in [-0.1, -0.05) is 12.8 Å². The molecule has 1 aliphatic rings. The normalized spacial score (nSPS) is 24.0. The third-order valence-electron chi connectivity index (χ3n) is 3.30. The number of carbonyl (C=O) groups excluding carboxylic acids is 1. The summed E-state index contributed by atoms with van der Waals surface area (Å²) in [6, 6.07) is 1.85. The topological polar surface area (TPSA) is 88.1 Å². The highest BCUT2D eigenvalue weighted by Gasteiger charge is 2.24. The molecule has 0 aromatic heterocycles. The molecule has 0 aromatic rings. The first-order chi connectivity index (χ1) is 8.27. The predicted octanol–water partition coefficient (Wildman–Crippen LogP) is 0.408. The molecule has 17 heavy (non-hydrogen) atoms. The number of amides is 1. The Kier molecular flexibility index (Phi) is 6.60. The first kappa shape index (κ1) is 13.9. The summed E-state index contributed by atoms with van der Waals surface area (Å²) in [5.41, 5.74) is 5.72. The smallest absolute Gasteiger partial charge is 0.246 e. The summed E-state index contributed by atoms with van der Waals surface area (Å²) in [6.07, 6.45) is 4.79. The van der Waals surface area contributed by atoms with Crippen molar-refractivity contribution < 1.29 is 9.53 Å². The minimum absolute atomic E-state index is 0.0372. The van der Waals surface area contributed by atoms with Gasteiger partial charge >= 0.3 is 0 Å². The van der Waals surface area contributed by atoms with Gasteiger partial charge in [0.25, 0.3) is 0 Å². The average Bonchev–Trinajstić information content (AvgIpc) is 2.37. The Morgan fingerprint density at radius 3 is 2.76 bits per heavy atom. The van der Waals surface area contributed by atoms with Gasteiger partial charge in [-0.3, -0.25) is 4.79 Å². The van der Waals surface area contributed by atoms with Crippen LogP contribution in [0.4, 0.5) is 0 Å². The number of nitriles is 1. The van der Waals surface area contributed by atoms with Crippen LogP contribution in [0.15, 0.2) is 0 Å². The van der Waals surface area contributed by atoms with Crippen molar-refractivity contribution in [3.63, 3.8) is 0 Å². The van der Waals surface area contributed by atoms with E-state index in [1.165, 1.54) is 19.3 Å². The standard InChI is InChI=1S/C12H21N3O2/c13-5-6-15-12(16)9-17-8-11-4-2-1-3-10(11)7-14/h10-11H,1-4,6-9,14H2,(H,15,16). The van der Waals surface area contributed by atoms with E-state index >= 15 is 0 Å². The zero-order valence-electron chi connectivity index (χ0n) is 10.2. The zero-order chi connectivity index (χ0) is 12.5. The van der Waals surface area contributed by atoms with E-state index in [-0.39, 0.29) is 19.1 Å². The molecule has 1 aliphatic carbocycles. The largest absolute Gasteiger partial charge is 0.371 e. The summed E-state index contributed by atoms with van der Waals surface area (Å²) >= 11 is 0. The minimum atomic E-state index is -0.230. The second-order valence-corrected chi connectivity index (χ2v) is 4.49. The van der Waals surface area contributed by atoms with Crippen LogP contribution in [-0.2, 0) is 9.53 Å². The van der Waals surface area contributed by atoms with Crippen LogP contribution < -0.4 is 11.1 Å². The van der Waals surface area contributed by atoms with E-state index in [2.05, 4.69) is 5.32 Å². The van der Waals surface area contributed by atoms with Gasteiger partial charge in [-0.15, -0.1) is 0 Å². The highest BCUT2D eigenvalue weighted by molar-refractivity contribution is 5.77. The minimum Gasteiger partial charge on any atom is -0.371 e. The van der Waals surface area contributed by atoms with Crippen molar-refractivity contribution in [3.05, 3.63) is 0 Å². The first-order valence-electron chi connectivity index (χ1n) is 6.19. The molecular formula is C12H21N3O2. The highest BCUT2D eigenvalue weighted by atomic mass is 16.5. The number of carbonyl (C=O) groups is 1. The lowest BCUT2D eigenvalue weighted by Gasteiger charge is -2.30. The van der Waals surface area contributed by atoms with Crippen LogP contribution in [0.25, 0.3) is 0 Å². The van der Waals surface area contributed by atoms with Crippen molar-refractivity contribution in [2.45, 2.75) is 25.7 Å². The summed E-state index contributed by atoms with van der Waals surface area (Å²) in [5.74, 6) is 0.787. The SMILES string of the molecule is N#CCNC(=O)COCC1CCCCC1CN. The molecule has 96 valence electrons. The van der Waals surface area contributed by atoms with Gasteiger partial charge < -0.3 is 15.8 Å². The van der Waals surface area contributed by atoms with Crippen LogP contribution in [0.3, 0.4) is 0 Å². The van der Waals surface area contributed by atoms with Gasteiger partial charge in [0.15, 0.2) is 0 Å². The van der Waals surface area contributed by atoms with Gasteiger partial charge in [0, 0.05) is 0 Å². The molecule has 1 rings (SSSR count). The fraction of sp³-hybridized carbons (Fsp3) is 0.833. The number of nitrogens with one attached hydrogen (secondary N) is 1. The molecule has 1 fully saturated rings. The van der Waals surface area contributed by atoms with E-state index in [9.17, 15) is 4.79 Å². The van der Waals surface area contributed by atoms with E-state index in [1.54, 1.807) is 0 Å². The maximum atomic E-state index is 11.2. The van der Waals surface area contributed by atoms with Gasteiger partial charge in [-0.05, 0) is 31.2 Å². The maximum absolute atomic E-state index is 11.2. The molecule has 1 saturated carbocycles. The molecule has 5 heteroatoms. The van der Waals surface area contributed by atoms with E-state index in [1.807, 2.05) is 6.07 Å². The third-order valence-corrected chi connectivity index (χ3v) is 3.30. The molecular weight excluding hydrogens is 218 g/mol. The van der Waals surface area contributed by atoms with E-state index in [0.717, 1.165) is 6.42 Å². The highest BCUT2D eigenvalue weighted by Crippen LogP contribution is 2.29. The fourth-order valence-corrected chi connectivity index (χ4v) is 2.31. The second-order valence-electron chi connectivity index (χ2n) is 4.49. The Bertz CT molecular complexity index is 275. The number of hydrogen-bond acceptors (Lipinski definition) is 4. The molecule has 0 spiro atoms. The zero-order valence-corrected chi connectivity index (χ0v) is 10.2. The number of nitrogens with two attached hydrogens (primary N) is 1. The van der Waals surface area contributed by atoms with Gasteiger partial charge in [0.05, 0.1) is 12.7 Å². The second kappa shape index (κ2) is 8.04. The predicted molar refractivity (Wildman–Crippen MR) is 63.9 cm³/mol. The molecule has 0 radical (unpaired) electrons. The molecule has 0 aromatic carbocycles. The van der Waals surface area contributed by atoms with Crippen LogP contribution in [-0.4, -0.2) is 32.2 Å². The summed E-state index contributed by atoms with van der Waals surface area (Å²) in [7, 11) is 0. The molecule has 2 unspecified atom stereocenters. The lowest BCUT2D eigenvalue weighted by atomic mass is 9.80. The van der Waals surface area contributed by atoms with Crippen LogP contribution >= 0.6 is 0 Å². The van der Waals surface area contributed by atoms with Gasteiger partial charge in [-0.2, -0.15) is 5.26 Å². The van der Waals surface area contributed by atoms with Crippen LogP contribution in [0.2, 0.25) is 0 Å². The van der Waals surface area contributed by atoms with Crippen LogP contribution in [0.5, 0.6) is 0 Å².